The number of anilines is 1. The quantitative estimate of drug-likeness (QED) is 0.534. The zero-order valence-corrected chi connectivity index (χ0v) is 17.9. The third-order valence-corrected chi connectivity index (χ3v) is 6.20. The second-order valence-electron chi connectivity index (χ2n) is 7.28. The molecule has 4 rings (SSSR count). The van der Waals surface area contributed by atoms with Crippen molar-refractivity contribution >= 4 is 43.4 Å². The molecule has 0 atom stereocenters. The van der Waals surface area contributed by atoms with Crippen molar-refractivity contribution in [3.63, 3.8) is 0 Å². The summed E-state index contributed by atoms with van der Waals surface area (Å²) in [6.45, 7) is 5.86. The molecule has 3 heterocycles. The molecular weight excluding hydrogens is 400 g/mol. The van der Waals surface area contributed by atoms with Crippen molar-refractivity contribution in [3.8, 4) is 0 Å². The van der Waals surface area contributed by atoms with Crippen molar-refractivity contribution in [2.24, 2.45) is 0 Å². The van der Waals surface area contributed by atoms with Crippen LogP contribution in [0.15, 0.2) is 46.1 Å². The topological polar surface area (TPSA) is 86.0 Å². The van der Waals surface area contributed by atoms with Crippen LogP contribution in [0.2, 0.25) is 0 Å². The number of aromatic nitrogens is 3. The Hall–Kier alpha value is -3.26. The number of carbonyl (C=O) groups excluding carboxylic acids is 1. The first-order valence-electron chi connectivity index (χ1n) is 9.79. The van der Waals surface area contributed by atoms with E-state index in [2.05, 4.69) is 10.3 Å². The molecule has 0 bridgehead atoms. The van der Waals surface area contributed by atoms with E-state index in [-0.39, 0.29) is 18.0 Å². The van der Waals surface area contributed by atoms with E-state index in [4.69, 9.17) is 0 Å². The molecule has 1 aromatic carbocycles. The average molecular weight is 423 g/mol. The Morgan fingerprint density at radius 2 is 1.83 bits per heavy atom. The summed E-state index contributed by atoms with van der Waals surface area (Å²) in [6.07, 6.45) is 2.29. The molecule has 1 N–H and O–H groups in total. The molecule has 0 saturated carbocycles. The number of thiophene rings is 1. The lowest BCUT2D eigenvalue weighted by Gasteiger charge is -2.14. The molecule has 0 aliphatic heterocycles. The van der Waals surface area contributed by atoms with Crippen LogP contribution in [0.3, 0.4) is 0 Å². The van der Waals surface area contributed by atoms with Crippen LogP contribution in [-0.4, -0.2) is 20.0 Å². The van der Waals surface area contributed by atoms with E-state index < -0.39 is 5.69 Å². The highest BCUT2D eigenvalue weighted by Gasteiger charge is 2.20. The third-order valence-electron chi connectivity index (χ3n) is 5.11. The maximum atomic E-state index is 13.2. The van der Waals surface area contributed by atoms with E-state index in [9.17, 15) is 14.4 Å². The number of hydrogen-bond donors (Lipinski definition) is 1. The fourth-order valence-corrected chi connectivity index (χ4v) is 4.78. The normalized spacial score (nSPS) is 11.3. The largest absolute Gasteiger partial charge is 0.332 e. The Balaban J connectivity index is 1.88. The van der Waals surface area contributed by atoms with Crippen LogP contribution in [0.1, 0.15) is 24.5 Å². The zero-order chi connectivity index (χ0) is 21.4. The summed E-state index contributed by atoms with van der Waals surface area (Å²) in [6, 6.07) is 9.36. The SMILES string of the molecule is CCCn1c(=O)c2sc3ncccc3c2n(CC(=O)Nc2c(C)cccc2C)c1=O. The summed E-state index contributed by atoms with van der Waals surface area (Å²) in [5.41, 5.74) is 2.30. The molecule has 8 heteroatoms. The van der Waals surface area contributed by atoms with E-state index in [0.29, 0.717) is 33.4 Å². The number of para-hydroxylation sites is 1. The van der Waals surface area contributed by atoms with Gasteiger partial charge in [0.1, 0.15) is 16.1 Å². The number of nitrogens with one attached hydrogen (secondary N) is 1. The highest BCUT2D eigenvalue weighted by atomic mass is 32.1. The fraction of sp³-hybridized carbons (Fsp3) is 0.273. The van der Waals surface area contributed by atoms with E-state index in [1.54, 1.807) is 12.3 Å². The molecule has 0 saturated heterocycles. The van der Waals surface area contributed by atoms with E-state index in [1.165, 1.54) is 20.5 Å². The molecule has 4 aromatic rings. The summed E-state index contributed by atoms with van der Waals surface area (Å²) in [5, 5.41) is 3.63. The van der Waals surface area contributed by atoms with Crippen LogP contribution >= 0.6 is 11.3 Å². The lowest BCUT2D eigenvalue weighted by Crippen LogP contribution is -2.41. The van der Waals surface area contributed by atoms with Gasteiger partial charge >= 0.3 is 5.69 Å². The van der Waals surface area contributed by atoms with E-state index in [0.717, 1.165) is 16.8 Å². The Morgan fingerprint density at radius 3 is 2.53 bits per heavy atom. The van der Waals surface area contributed by atoms with Gasteiger partial charge < -0.3 is 5.32 Å². The second-order valence-corrected chi connectivity index (χ2v) is 8.28. The molecule has 7 nitrogen and oxygen atoms in total. The molecule has 30 heavy (non-hydrogen) atoms. The van der Waals surface area contributed by atoms with Gasteiger partial charge in [-0.05, 0) is 43.5 Å². The van der Waals surface area contributed by atoms with Crippen LogP contribution in [0.4, 0.5) is 5.69 Å². The summed E-state index contributed by atoms with van der Waals surface area (Å²) in [4.78, 5) is 44.1. The van der Waals surface area contributed by atoms with Gasteiger partial charge in [0, 0.05) is 23.8 Å². The van der Waals surface area contributed by atoms with Crippen molar-refractivity contribution in [2.75, 3.05) is 5.32 Å². The van der Waals surface area contributed by atoms with Crippen LogP contribution in [-0.2, 0) is 17.9 Å². The van der Waals surface area contributed by atoms with E-state index in [1.807, 2.05) is 45.0 Å². The lowest BCUT2D eigenvalue weighted by atomic mass is 10.1. The Kier molecular flexibility index (Phi) is 5.26. The number of fused-ring (bicyclic) bond motifs is 3. The number of carbonyl (C=O) groups is 1. The fourth-order valence-electron chi connectivity index (χ4n) is 3.69. The molecule has 1 amide bonds. The molecule has 3 aromatic heterocycles. The van der Waals surface area contributed by atoms with Crippen LogP contribution in [0.5, 0.6) is 0 Å². The molecule has 0 radical (unpaired) electrons. The molecular formula is C22H22N4O3S. The van der Waals surface area contributed by atoms with Crippen molar-refractivity contribution in [3.05, 3.63) is 68.5 Å². The maximum absolute atomic E-state index is 13.2. The molecule has 0 fully saturated rings. The van der Waals surface area contributed by atoms with Gasteiger partial charge in [-0.3, -0.25) is 18.7 Å². The smallest absolute Gasteiger partial charge is 0.324 e. The van der Waals surface area contributed by atoms with Crippen molar-refractivity contribution in [2.45, 2.75) is 40.3 Å². The third kappa shape index (κ3) is 3.33. The molecule has 0 aliphatic rings. The first-order valence-corrected chi connectivity index (χ1v) is 10.6. The minimum Gasteiger partial charge on any atom is -0.324 e. The highest BCUT2D eigenvalue weighted by Crippen LogP contribution is 2.29. The van der Waals surface area contributed by atoms with Crippen molar-refractivity contribution in [1.29, 1.82) is 0 Å². The zero-order valence-electron chi connectivity index (χ0n) is 17.1. The van der Waals surface area contributed by atoms with Crippen molar-refractivity contribution < 1.29 is 4.79 Å². The van der Waals surface area contributed by atoms with Crippen LogP contribution in [0.25, 0.3) is 20.4 Å². The van der Waals surface area contributed by atoms with Crippen LogP contribution < -0.4 is 16.6 Å². The second kappa shape index (κ2) is 7.87. The predicted octanol–water partition coefficient (Wildman–Crippen LogP) is 3.44. The number of nitrogens with zero attached hydrogens (tertiary/aromatic N) is 3. The first-order chi connectivity index (χ1) is 14.4. The molecule has 154 valence electrons. The first kappa shape index (κ1) is 20.0. The lowest BCUT2D eigenvalue weighted by molar-refractivity contribution is -0.116. The average Bonchev–Trinajstić information content (AvgIpc) is 3.11. The summed E-state index contributed by atoms with van der Waals surface area (Å²) >= 11 is 1.25. The monoisotopic (exact) mass is 422 g/mol. The number of rotatable bonds is 5. The Bertz CT molecular complexity index is 1380. The summed E-state index contributed by atoms with van der Waals surface area (Å²) in [7, 11) is 0. The van der Waals surface area contributed by atoms with Gasteiger partial charge in [0.2, 0.25) is 5.91 Å². The van der Waals surface area contributed by atoms with Crippen molar-refractivity contribution in [1.82, 2.24) is 14.1 Å². The van der Waals surface area contributed by atoms with Gasteiger partial charge in [0.05, 0.1) is 5.52 Å². The van der Waals surface area contributed by atoms with Gasteiger partial charge in [0.15, 0.2) is 0 Å². The summed E-state index contributed by atoms with van der Waals surface area (Å²) in [5.74, 6) is -0.319. The number of benzene rings is 1. The minimum absolute atomic E-state index is 0.187. The minimum atomic E-state index is -0.477. The highest BCUT2D eigenvalue weighted by molar-refractivity contribution is 7.25. The van der Waals surface area contributed by atoms with Gasteiger partial charge in [-0.15, -0.1) is 11.3 Å². The van der Waals surface area contributed by atoms with Gasteiger partial charge in [-0.1, -0.05) is 25.1 Å². The maximum Gasteiger partial charge on any atom is 0.332 e. The Labute approximate surface area is 176 Å². The number of amides is 1. The van der Waals surface area contributed by atoms with Gasteiger partial charge in [-0.2, -0.15) is 0 Å². The molecule has 0 spiro atoms. The molecule has 0 unspecified atom stereocenters. The van der Waals surface area contributed by atoms with E-state index >= 15 is 0 Å². The predicted molar refractivity (Wildman–Crippen MR) is 120 cm³/mol. The standard InChI is InChI=1S/C22H22N4O3S/c1-4-11-25-21(28)19-18(15-9-6-10-23-20(15)30-19)26(22(25)29)12-16(27)24-17-13(2)7-5-8-14(17)3/h5-10H,4,11-12H2,1-3H3,(H,24,27). The van der Waals surface area contributed by atoms with Gasteiger partial charge in [0.25, 0.3) is 5.56 Å². The van der Waals surface area contributed by atoms with Gasteiger partial charge in [-0.25, -0.2) is 9.78 Å². The number of pyridine rings is 1. The number of hydrogen-bond acceptors (Lipinski definition) is 5. The Morgan fingerprint density at radius 1 is 1.10 bits per heavy atom. The van der Waals surface area contributed by atoms with Crippen LogP contribution in [0, 0.1) is 13.8 Å². The summed E-state index contributed by atoms with van der Waals surface area (Å²) < 4.78 is 3.05. The number of aryl methyl sites for hydroxylation is 2. The molecule has 0 aliphatic carbocycles.